The molecule has 2 aromatic rings. The quantitative estimate of drug-likeness (QED) is 0.194. The Balaban J connectivity index is 1.63. The fourth-order valence-corrected chi connectivity index (χ4v) is 4.73. The monoisotopic (exact) mass is 520 g/mol. The number of carbonyl (C=O) groups excluding carboxylic acids is 2. The van der Waals surface area contributed by atoms with Crippen molar-refractivity contribution in [1.82, 2.24) is 9.80 Å². The summed E-state index contributed by atoms with van der Waals surface area (Å²) in [6.45, 7) is 11.0. The van der Waals surface area contributed by atoms with E-state index in [9.17, 15) is 14.7 Å². The average molecular weight is 521 g/mol. The zero-order chi connectivity index (χ0) is 26.9. The van der Waals surface area contributed by atoms with Gasteiger partial charge in [-0.2, -0.15) is 0 Å². The van der Waals surface area contributed by atoms with E-state index in [1.54, 1.807) is 47.4 Å². The molecule has 1 atom stereocenters. The third-order valence-corrected chi connectivity index (χ3v) is 6.68. The Hall–Kier alpha value is -3.62. The van der Waals surface area contributed by atoms with E-state index in [0.29, 0.717) is 56.5 Å². The van der Waals surface area contributed by atoms with Gasteiger partial charge in [0.25, 0.3) is 11.7 Å². The molecule has 0 aliphatic carbocycles. The Morgan fingerprint density at radius 2 is 1.68 bits per heavy atom. The van der Waals surface area contributed by atoms with Crippen LogP contribution in [0.5, 0.6) is 11.5 Å². The average Bonchev–Trinajstić information content (AvgIpc) is 3.21. The van der Waals surface area contributed by atoms with Gasteiger partial charge in [0.1, 0.15) is 23.9 Å². The Bertz CT molecular complexity index is 1140. The zero-order valence-corrected chi connectivity index (χ0v) is 21.9. The number of nitrogens with zero attached hydrogens (tertiary/aromatic N) is 2. The minimum Gasteiger partial charge on any atom is -0.507 e. The Morgan fingerprint density at radius 1 is 1.03 bits per heavy atom. The molecule has 4 rings (SSSR count). The number of hydrogen-bond donors (Lipinski definition) is 1. The molecular formula is C30H36N2O6. The topological polar surface area (TPSA) is 88.5 Å². The first-order valence-corrected chi connectivity index (χ1v) is 13.2. The van der Waals surface area contributed by atoms with Crippen molar-refractivity contribution in [3.05, 3.63) is 77.9 Å². The number of morpholine rings is 1. The van der Waals surface area contributed by atoms with Gasteiger partial charge in [-0.3, -0.25) is 14.5 Å². The van der Waals surface area contributed by atoms with Gasteiger partial charge in [-0.15, -0.1) is 0 Å². The fraction of sp³-hybridized carbons (Fsp3) is 0.400. The molecule has 0 saturated carbocycles. The molecule has 0 unspecified atom stereocenters. The van der Waals surface area contributed by atoms with Crippen LogP contribution >= 0.6 is 0 Å². The molecule has 0 spiro atoms. The van der Waals surface area contributed by atoms with Gasteiger partial charge in [0.15, 0.2) is 0 Å². The lowest BCUT2D eigenvalue weighted by Crippen LogP contribution is -2.38. The summed E-state index contributed by atoms with van der Waals surface area (Å²) in [7, 11) is 0. The summed E-state index contributed by atoms with van der Waals surface area (Å²) in [6.07, 6.45) is 3.25. The SMILES string of the molecule is C=CCOc1ccc([C@@H]2/C(=C(\O)c3ccc(OCCC)cc3)C(=O)C(=O)N2CCCN2CCOCC2)cc1. The Kier molecular flexibility index (Phi) is 9.56. The number of ether oxygens (including phenoxy) is 3. The Labute approximate surface area is 224 Å². The standard InChI is InChI=1S/C30H36N2O6/c1-3-18-37-24-10-6-22(7-11-24)27-26(28(33)23-8-12-25(13-9-23)38-19-4-2)29(34)30(35)32(27)15-5-14-31-16-20-36-21-17-31/h3,6-13,27,33H,1,4-5,14-21H2,2H3/b28-26+/t27-/m1/s1. The van der Waals surface area contributed by atoms with Crippen LogP contribution < -0.4 is 9.47 Å². The maximum absolute atomic E-state index is 13.3. The molecule has 202 valence electrons. The van der Waals surface area contributed by atoms with Crippen LogP contribution in [0.25, 0.3) is 5.76 Å². The lowest BCUT2D eigenvalue weighted by Gasteiger charge is -2.29. The molecule has 1 N–H and O–H groups in total. The second-order valence-corrected chi connectivity index (χ2v) is 9.34. The van der Waals surface area contributed by atoms with E-state index in [1.165, 1.54) is 0 Å². The molecule has 0 bridgehead atoms. The van der Waals surface area contributed by atoms with Gasteiger partial charge in [-0.1, -0.05) is 31.7 Å². The Morgan fingerprint density at radius 3 is 2.34 bits per heavy atom. The van der Waals surface area contributed by atoms with Gasteiger partial charge in [0, 0.05) is 31.7 Å². The van der Waals surface area contributed by atoms with Crippen molar-refractivity contribution in [2.24, 2.45) is 0 Å². The third kappa shape index (κ3) is 6.44. The lowest BCUT2D eigenvalue weighted by atomic mass is 9.95. The van der Waals surface area contributed by atoms with Gasteiger partial charge in [-0.05, 0) is 54.8 Å². The number of amides is 1. The molecule has 2 aromatic carbocycles. The number of aliphatic hydroxyl groups is 1. The zero-order valence-electron chi connectivity index (χ0n) is 21.9. The molecule has 0 radical (unpaired) electrons. The second kappa shape index (κ2) is 13.3. The third-order valence-electron chi connectivity index (χ3n) is 6.68. The summed E-state index contributed by atoms with van der Waals surface area (Å²) in [6, 6.07) is 13.5. The van der Waals surface area contributed by atoms with Crippen LogP contribution in [0.15, 0.2) is 66.8 Å². The van der Waals surface area contributed by atoms with Crippen molar-refractivity contribution < 1.29 is 28.9 Å². The molecule has 8 heteroatoms. The largest absolute Gasteiger partial charge is 0.507 e. The summed E-state index contributed by atoms with van der Waals surface area (Å²) in [5.41, 5.74) is 1.27. The van der Waals surface area contributed by atoms with Crippen LogP contribution in [-0.4, -0.2) is 79.2 Å². The first-order valence-electron chi connectivity index (χ1n) is 13.2. The number of carbonyl (C=O) groups is 2. The molecule has 2 aliphatic heterocycles. The number of rotatable bonds is 12. The van der Waals surface area contributed by atoms with Gasteiger partial charge in [-0.25, -0.2) is 0 Å². The summed E-state index contributed by atoms with van der Waals surface area (Å²) < 4.78 is 16.7. The van der Waals surface area contributed by atoms with Crippen molar-refractivity contribution in [3.63, 3.8) is 0 Å². The minimum atomic E-state index is -0.704. The summed E-state index contributed by atoms with van der Waals surface area (Å²) in [5.74, 6) is -0.150. The van der Waals surface area contributed by atoms with Crippen molar-refractivity contribution in [1.29, 1.82) is 0 Å². The number of hydrogen-bond acceptors (Lipinski definition) is 7. The van der Waals surface area contributed by atoms with Gasteiger partial charge in [0.05, 0.1) is 31.4 Å². The maximum Gasteiger partial charge on any atom is 0.295 e. The van der Waals surface area contributed by atoms with E-state index >= 15 is 0 Å². The highest BCUT2D eigenvalue weighted by atomic mass is 16.5. The first kappa shape index (κ1) is 27.4. The molecule has 2 fully saturated rings. The van der Waals surface area contributed by atoms with Crippen LogP contribution in [-0.2, 0) is 14.3 Å². The van der Waals surface area contributed by atoms with Crippen LogP contribution in [0.3, 0.4) is 0 Å². The van der Waals surface area contributed by atoms with Crippen LogP contribution in [0.4, 0.5) is 0 Å². The van der Waals surface area contributed by atoms with E-state index in [1.807, 2.05) is 19.1 Å². The number of likely N-dealkylation sites (tertiary alicyclic amines) is 1. The van der Waals surface area contributed by atoms with Crippen LogP contribution in [0.2, 0.25) is 0 Å². The number of benzene rings is 2. The molecule has 8 nitrogen and oxygen atoms in total. The smallest absolute Gasteiger partial charge is 0.295 e. The molecule has 2 saturated heterocycles. The number of aliphatic hydroxyl groups excluding tert-OH is 1. The highest BCUT2D eigenvalue weighted by Gasteiger charge is 2.45. The predicted octanol–water partition coefficient (Wildman–Crippen LogP) is 4.18. The van der Waals surface area contributed by atoms with E-state index < -0.39 is 17.7 Å². The molecular weight excluding hydrogens is 484 g/mol. The van der Waals surface area contributed by atoms with Crippen molar-refractivity contribution >= 4 is 17.4 Å². The van der Waals surface area contributed by atoms with Gasteiger partial charge in [0.2, 0.25) is 0 Å². The molecule has 2 aliphatic rings. The molecule has 0 aromatic heterocycles. The lowest BCUT2D eigenvalue weighted by molar-refractivity contribution is -0.140. The second-order valence-electron chi connectivity index (χ2n) is 9.34. The first-order chi connectivity index (χ1) is 18.5. The highest BCUT2D eigenvalue weighted by molar-refractivity contribution is 6.46. The fourth-order valence-electron chi connectivity index (χ4n) is 4.73. The van der Waals surface area contributed by atoms with Gasteiger partial charge < -0.3 is 24.2 Å². The summed E-state index contributed by atoms with van der Waals surface area (Å²) in [4.78, 5) is 30.4. The van der Waals surface area contributed by atoms with Crippen molar-refractivity contribution in [2.45, 2.75) is 25.8 Å². The normalized spacial score (nSPS) is 19.5. The minimum absolute atomic E-state index is 0.0864. The van der Waals surface area contributed by atoms with E-state index in [2.05, 4.69) is 11.5 Å². The molecule has 38 heavy (non-hydrogen) atoms. The van der Waals surface area contributed by atoms with Crippen molar-refractivity contribution in [3.8, 4) is 11.5 Å². The maximum atomic E-state index is 13.3. The van der Waals surface area contributed by atoms with Gasteiger partial charge >= 0.3 is 0 Å². The number of Topliss-reactive ketones (excluding diaryl/α,β-unsaturated/α-hetero) is 1. The van der Waals surface area contributed by atoms with Crippen LogP contribution in [0, 0.1) is 0 Å². The predicted molar refractivity (Wildman–Crippen MR) is 145 cm³/mol. The molecule has 1 amide bonds. The van der Waals surface area contributed by atoms with E-state index in [-0.39, 0.29) is 11.3 Å². The molecule has 2 heterocycles. The van der Waals surface area contributed by atoms with Crippen molar-refractivity contribution in [2.75, 3.05) is 52.6 Å². The van der Waals surface area contributed by atoms with Crippen LogP contribution in [0.1, 0.15) is 36.9 Å². The highest BCUT2D eigenvalue weighted by Crippen LogP contribution is 2.40. The van der Waals surface area contributed by atoms with E-state index in [0.717, 1.165) is 31.6 Å². The summed E-state index contributed by atoms with van der Waals surface area (Å²) >= 11 is 0. The summed E-state index contributed by atoms with van der Waals surface area (Å²) in [5, 5.41) is 11.3. The number of ketones is 1. The van der Waals surface area contributed by atoms with E-state index in [4.69, 9.17) is 14.2 Å².